The summed E-state index contributed by atoms with van der Waals surface area (Å²) in [6, 6.07) is 10.3. The van der Waals surface area contributed by atoms with Gasteiger partial charge in [0.05, 0.1) is 0 Å². The monoisotopic (exact) mass is 215 g/mol. The van der Waals surface area contributed by atoms with E-state index in [2.05, 4.69) is 19.1 Å². The number of halogens is 1. The number of aliphatic hydroxyl groups is 1. The van der Waals surface area contributed by atoms with Gasteiger partial charge in [-0.05, 0) is 6.92 Å². The van der Waals surface area contributed by atoms with Crippen LogP contribution in [0.15, 0.2) is 30.3 Å². The number of aryl methyl sites for hydroxylation is 1. The third kappa shape index (κ3) is 8.99. The van der Waals surface area contributed by atoms with Crippen LogP contribution in [0.1, 0.15) is 5.56 Å². The average Bonchev–Trinajstić information content (AvgIpc) is 1.91. The maximum absolute atomic E-state index is 6.88. The van der Waals surface area contributed by atoms with E-state index < -0.39 is 0 Å². The van der Waals surface area contributed by atoms with Crippen molar-refractivity contribution in [2.45, 2.75) is 6.92 Å². The van der Waals surface area contributed by atoms with Gasteiger partial charge in [0.15, 0.2) is 0 Å². The second-order valence-corrected chi connectivity index (χ2v) is 1.75. The molecule has 0 bridgehead atoms. The Labute approximate surface area is 76.9 Å². The molecule has 0 heterocycles. The molecule has 60 valence electrons. The summed E-state index contributed by atoms with van der Waals surface area (Å²) in [6.45, 7) is 2.08. The van der Waals surface area contributed by atoms with Crippen molar-refractivity contribution in [3.63, 3.8) is 0 Å². The van der Waals surface area contributed by atoms with E-state index in [1.807, 2.05) is 18.2 Å². The van der Waals surface area contributed by atoms with Gasteiger partial charge < -0.3 is 5.11 Å². The third-order valence-electron chi connectivity index (χ3n) is 0.940. The lowest BCUT2D eigenvalue weighted by molar-refractivity contribution is 0.503. The minimum absolute atomic E-state index is 0. The van der Waals surface area contributed by atoms with E-state index in [1.165, 1.54) is 5.56 Å². The van der Waals surface area contributed by atoms with Crippen LogP contribution in [0.25, 0.3) is 0 Å². The summed E-state index contributed by atoms with van der Waals surface area (Å²) in [6.07, 6.45) is 0.750. The Morgan fingerprint density at radius 3 is 1.82 bits per heavy atom. The molecule has 1 aromatic carbocycles. The Morgan fingerprint density at radius 2 is 1.64 bits per heavy atom. The average molecular weight is 216 g/mol. The molecule has 1 rings (SSSR count). The summed E-state index contributed by atoms with van der Waals surface area (Å²) in [5.41, 5.74) is 1.32. The predicted molar refractivity (Wildman–Crippen MR) is 49.0 cm³/mol. The van der Waals surface area contributed by atoms with Gasteiger partial charge in [0.2, 0.25) is 0 Å². The number of nitrogens with zero attached hydrogens (tertiary/aromatic N) is 1. The fourth-order valence-electron chi connectivity index (χ4n) is 0.534. The standard InChI is InChI=1S/C7H8.CHNO.BrH/c1-7-5-3-2-4-6-7;2-1-3;/h2-6H,1H3;3H;1H. The molecule has 1 N–H and O–H groups in total. The molecule has 0 saturated carbocycles. The summed E-state index contributed by atoms with van der Waals surface area (Å²) in [7, 11) is 0. The van der Waals surface area contributed by atoms with Gasteiger partial charge >= 0.3 is 0 Å². The van der Waals surface area contributed by atoms with Crippen LogP contribution in [0.4, 0.5) is 0 Å². The van der Waals surface area contributed by atoms with E-state index in [0.717, 1.165) is 6.26 Å². The first-order valence-electron chi connectivity index (χ1n) is 2.86. The lowest BCUT2D eigenvalue weighted by Gasteiger charge is -1.82. The normalized spacial score (nSPS) is 6.18. The Morgan fingerprint density at radius 1 is 1.27 bits per heavy atom. The van der Waals surface area contributed by atoms with Crippen LogP contribution in [0.3, 0.4) is 0 Å². The van der Waals surface area contributed by atoms with Crippen molar-refractivity contribution < 1.29 is 5.11 Å². The number of rotatable bonds is 0. The van der Waals surface area contributed by atoms with Crippen LogP contribution in [0.5, 0.6) is 0 Å². The first kappa shape index (κ1) is 12.6. The van der Waals surface area contributed by atoms with Gasteiger partial charge in [0.25, 0.3) is 6.26 Å². The first-order chi connectivity index (χ1) is 4.81. The van der Waals surface area contributed by atoms with Gasteiger partial charge in [0, 0.05) is 0 Å². The highest BCUT2D eigenvalue weighted by Crippen LogP contribution is 1.92. The summed E-state index contributed by atoms with van der Waals surface area (Å²) in [4.78, 5) is 0. The largest absolute Gasteiger partial charge is 0.443 e. The molecule has 2 nitrogen and oxygen atoms in total. The molecule has 11 heavy (non-hydrogen) atoms. The second-order valence-electron chi connectivity index (χ2n) is 1.75. The molecule has 0 aromatic heterocycles. The van der Waals surface area contributed by atoms with Gasteiger partial charge in [-0.3, -0.25) is 0 Å². The molecule has 0 aliphatic rings. The maximum atomic E-state index is 6.88. The number of benzene rings is 1. The Bertz CT molecular complexity index is 205. The molecular formula is C8H10BrNO. The van der Waals surface area contributed by atoms with Gasteiger partial charge in [0.1, 0.15) is 0 Å². The van der Waals surface area contributed by atoms with Crippen molar-refractivity contribution in [1.82, 2.24) is 0 Å². The maximum Gasteiger partial charge on any atom is 0.283 e. The second kappa shape index (κ2) is 8.99. The van der Waals surface area contributed by atoms with Crippen LogP contribution >= 0.6 is 17.0 Å². The molecule has 0 aliphatic heterocycles. The highest BCUT2D eigenvalue weighted by Gasteiger charge is 1.72. The van der Waals surface area contributed by atoms with Crippen LogP contribution in [0.2, 0.25) is 0 Å². The van der Waals surface area contributed by atoms with Gasteiger partial charge in [-0.1, -0.05) is 35.9 Å². The molecule has 0 radical (unpaired) electrons. The number of hydrogen-bond acceptors (Lipinski definition) is 2. The van der Waals surface area contributed by atoms with Crippen molar-refractivity contribution in [3.8, 4) is 6.26 Å². The van der Waals surface area contributed by atoms with E-state index in [0.29, 0.717) is 0 Å². The molecule has 1 aromatic rings. The van der Waals surface area contributed by atoms with E-state index >= 15 is 0 Å². The van der Waals surface area contributed by atoms with Crippen LogP contribution < -0.4 is 0 Å². The van der Waals surface area contributed by atoms with Gasteiger partial charge in [-0.15, -0.1) is 17.0 Å². The topological polar surface area (TPSA) is 44.0 Å². The quantitative estimate of drug-likeness (QED) is 0.676. The fourth-order valence-corrected chi connectivity index (χ4v) is 0.534. The van der Waals surface area contributed by atoms with Gasteiger partial charge in [-0.2, -0.15) is 5.26 Å². The van der Waals surface area contributed by atoms with Crippen LogP contribution in [-0.2, 0) is 0 Å². The van der Waals surface area contributed by atoms with Crippen molar-refractivity contribution in [2.24, 2.45) is 0 Å². The van der Waals surface area contributed by atoms with E-state index in [4.69, 9.17) is 10.4 Å². The molecule has 0 aliphatic carbocycles. The lowest BCUT2D eigenvalue weighted by atomic mass is 10.2. The van der Waals surface area contributed by atoms with Crippen molar-refractivity contribution >= 4 is 17.0 Å². The number of hydrogen-bond donors (Lipinski definition) is 1. The summed E-state index contributed by atoms with van der Waals surface area (Å²) in [5.74, 6) is 0. The Hall–Kier alpha value is -1.01. The molecule has 0 fully saturated rings. The van der Waals surface area contributed by atoms with Gasteiger partial charge in [-0.25, -0.2) is 0 Å². The highest BCUT2D eigenvalue weighted by molar-refractivity contribution is 8.93. The minimum atomic E-state index is 0. The molecule has 0 unspecified atom stereocenters. The zero-order chi connectivity index (χ0) is 7.82. The molecule has 0 spiro atoms. The summed E-state index contributed by atoms with van der Waals surface area (Å²) < 4.78 is 0. The van der Waals surface area contributed by atoms with Crippen molar-refractivity contribution in [1.29, 1.82) is 5.26 Å². The molecular weight excluding hydrogens is 206 g/mol. The third-order valence-corrected chi connectivity index (χ3v) is 0.940. The Kier molecular flexibility index (Phi) is 10.3. The lowest BCUT2D eigenvalue weighted by Crippen LogP contribution is -1.62. The van der Waals surface area contributed by atoms with Crippen LogP contribution in [0, 0.1) is 18.4 Å². The Balaban J connectivity index is 0. The van der Waals surface area contributed by atoms with E-state index in [-0.39, 0.29) is 17.0 Å². The zero-order valence-corrected chi connectivity index (χ0v) is 7.90. The minimum Gasteiger partial charge on any atom is -0.443 e. The van der Waals surface area contributed by atoms with Crippen LogP contribution in [-0.4, -0.2) is 5.11 Å². The van der Waals surface area contributed by atoms with Crippen molar-refractivity contribution in [2.75, 3.05) is 0 Å². The molecule has 0 amide bonds. The SMILES string of the molecule is Br.Cc1ccccc1.N#CO. The number of nitriles is 1. The molecule has 0 saturated heterocycles. The molecule has 3 heteroatoms. The zero-order valence-electron chi connectivity index (χ0n) is 6.19. The first-order valence-corrected chi connectivity index (χ1v) is 2.86. The smallest absolute Gasteiger partial charge is 0.283 e. The number of aliphatic hydroxyl groups excluding tert-OH is 1. The van der Waals surface area contributed by atoms with E-state index in [9.17, 15) is 0 Å². The van der Waals surface area contributed by atoms with Crippen molar-refractivity contribution in [3.05, 3.63) is 35.9 Å². The predicted octanol–water partition coefficient (Wildman–Crippen LogP) is 2.41. The fraction of sp³-hybridized carbons (Fsp3) is 0.125. The summed E-state index contributed by atoms with van der Waals surface area (Å²) in [5, 5.41) is 13.8. The van der Waals surface area contributed by atoms with E-state index in [1.54, 1.807) is 0 Å². The highest BCUT2D eigenvalue weighted by atomic mass is 79.9. The molecule has 0 atom stereocenters. The summed E-state index contributed by atoms with van der Waals surface area (Å²) >= 11 is 0.